The van der Waals surface area contributed by atoms with Gasteiger partial charge < -0.3 is 5.32 Å². The van der Waals surface area contributed by atoms with E-state index in [0.29, 0.717) is 5.69 Å². The van der Waals surface area contributed by atoms with Gasteiger partial charge in [0, 0.05) is 17.1 Å². The fourth-order valence-electron chi connectivity index (χ4n) is 4.30. The average Bonchev–Trinajstić information content (AvgIpc) is 2.80. The average molecular weight is 498 g/mol. The van der Waals surface area contributed by atoms with E-state index in [9.17, 15) is 13.2 Å². The van der Waals surface area contributed by atoms with Crippen LogP contribution in [0.25, 0.3) is 10.9 Å². The van der Waals surface area contributed by atoms with Crippen LogP contribution in [0.3, 0.4) is 0 Å². The number of carbonyl (C=O) groups is 1. The zero-order valence-electron chi connectivity index (χ0n) is 19.8. The first-order valence-electron chi connectivity index (χ1n) is 11.7. The van der Waals surface area contributed by atoms with Crippen molar-refractivity contribution in [3.63, 3.8) is 0 Å². The molecule has 0 spiro atoms. The number of fused-ring (bicyclic) bond motifs is 1. The van der Waals surface area contributed by atoms with E-state index in [-0.39, 0.29) is 22.1 Å². The number of hydrogen-bond acceptors (Lipinski definition) is 5. The van der Waals surface area contributed by atoms with Crippen LogP contribution in [-0.4, -0.2) is 30.6 Å². The maximum absolute atomic E-state index is 12.8. The van der Waals surface area contributed by atoms with Crippen molar-refractivity contribution in [3.05, 3.63) is 59.7 Å². The van der Waals surface area contributed by atoms with Crippen molar-refractivity contribution in [3.8, 4) is 0 Å². The molecule has 2 N–H and O–H groups in total. The highest BCUT2D eigenvalue weighted by molar-refractivity contribution is 8.00. The van der Waals surface area contributed by atoms with E-state index in [0.717, 1.165) is 52.7 Å². The number of anilines is 1. The van der Waals surface area contributed by atoms with Gasteiger partial charge in [0.15, 0.2) is 0 Å². The molecule has 1 aliphatic rings. The highest BCUT2D eigenvalue weighted by Crippen LogP contribution is 2.29. The van der Waals surface area contributed by atoms with Crippen LogP contribution in [-0.2, 0) is 14.8 Å². The Balaban J connectivity index is 1.39. The van der Waals surface area contributed by atoms with E-state index in [1.165, 1.54) is 30.3 Å². The van der Waals surface area contributed by atoms with E-state index in [1.807, 2.05) is 32.0 Å². The second kappa shape index (κ2) is 10.5. The summed E-state index contributed by atoms with van der Waals surface area (Å²) in [6.45, 7) is 5.93. The molecule has 8 heteroatoms. The number of thioether (sulfide) groups is 1. The van der Waals surface area contributed by atoms with Gasteiger partial charge in [0.05, 0.1) is 20.7 Å². The molecule has 180 valence electrons. The van der Waals surface area contributed by atoms with Crippen molar-refractivity contribution in [2.24, 2.45) is 0 Å². The summed E-state index contributed by atoms with van der Waals surface area (Å²) in [5.74, 6) is -0.162. The van der Waals surface area contributed by atoms with Gasteiger partial charge in [-0.15, -0.1) is 0 Å². The van der Waals surface area contributed by atoms with Crippen molar-refractivity contribution in [1.82, 2.24) is 9.71 Å². The lowest BCUT2D eigenvalue weighted by atomic mass is 9.96. The molecule has 34 heavy (non-hydrogen) atoms. The molecule has 2 aromatic carbocycles. The molecule has 4 rings (SSSR count). The van der Waals surface area contributed by atoms with Gasteiger partial charge in [-0.25, -0.2) is 18.1 Å². The predicted molar refractivity (Wildman–Crippen MR) is 139 cm³/mol. The molecule has 0 bridgehead atoms. The van der Waals surface area contributed by atoms with Crippen LogP contribution in [0.1, 0.15) is 50.2 Å². The number of aromatic nitrogens is 1. The van der Waals surface area contributed by atoms with Gasteiger partial charge in [-0.3, -0.25) is 4.79 Å². The van der Waals surface area contributed by atoms with Crippen molar-refractivity contribution in [2.75, 3.05) is 5.32 Å². The zero-order chi connectivity index (χ0) is 24.3. The van der Waals surface area contributed by atoms with Gasteiger partial charge in [-0.2, -0.15) is 0 Å². The standard InChI is InChI=1S/C26H31N3O3S2/c1-17-8-7-11-23-18(2)16-24(28-25(17)23)33-19(3)26(30)27-20-12-14-22(15-13-20)34(31,32)29-21-9-5-4-6-10-21/h7-8,11-16,19,21,29H,4-6,9-10H2,1-3H3,(H,27,30). The van der Waals surface area contributed by atoms with E-state index in [2.05, 4.69) is 23.0 Å². The molecule has 0 saturated heterocycles. The lowest BCUT2D eigenvalue weighted by Crippen LogP contribution is -2.36. The molecule has 1 fully saturated rings. The quantitative estimate of drug-likeness (QED) is 0.416. The fourth-order valence-corrected chi connectivity index (χ4v) is 6.52. The highest BCUT2D eigenvalue weighted by Gasteiger charge is 2.22. The van der Waals surface area contributed by atoms with Gasteiger partial charge in [0.1, 0.15) is 0 Å². The first kappa shape index (κ1) is 24.7. The number of para-hydroxylation sites is 1. The van der Waals surface area contributed by atoms with Crippen LogP contribution >= 0.6 is 11.8 Å². The van der Waals surface area contributed by atoms with Gasteiger partial charge in [0.2, 0.25) is 15.9 Å². The fraction of sp³-hybridized carbons (Fsp3) is 0.385. The van der Waals surface area contributed by atoms with E-state index in [1.54, 1.807) is 12.1 Å². The topological polar surface area (TPSA) is 88.2 Å². The van der Waals surface area contributed by atoms with Crippen molar-refractivity contribution >= 4 is 44.3 Å². The lowest BCUT2D eigenvalue weighted by Gasteiger charge is -2.22. The number of benzene rings is 2. The van der Waals surface area contributed by atoms with Gasteiger partial charge in [-0.1, -0.05) is 49.2 Å². The molecule has 1 atom stereocenters. The molecule has 1 unspecified atom stereocenters. The monoisotopic (exact) mass is 497 g/mol. The maximum atomic E-state index is 12.8. The number of sulfonamides is 1. The Morgan fingerprint density at radius 3 is 2.44 bits per heavy atom. The molecule has 0 aliphatic heterocycles. The number of pyridine rings is 1. The Labute approximate surface area is 206 Å². The van der Waals surface area contributed by atoms with Gasteiger partial charge in [-0.05, 0) is 75.1 Å². The number of amides is 1. The second-order valence-electron chi connectivity index (χ2n) is 8.98. The maximum Gasteiger partial charge on any atom is 0.240 e. The van der Waals surface area contributed by atoms with Crippen LogP contribution in [0.2, 0.25) is 0 Å². The van der Waals surface area contributed by atoms with E-state index >= 15 is 0 Å². The molecular weight excluding hydrogens is 466 g/mol. The third-order valence-electron chi connectivity index (χ3n) is 6.25. The molecule has 1 aliphatic carbocycles. The second-order valence-corrected chi connectivity index (χ2v) is 12.1. The van der Waals surface area contributed by atoms with Crippen molar-refractivity contribution < 1.29 is 13.2 Å². The first-order valence-corrected chi connectivity index (χ1v) is 14.1. The Kier molecular flexibility index (Phi) is 7.60. The first-order chi connectivity index (χ1) is 16.2. The van der Waals surface area contributed by atoms with Crippen molar-refractivity contribution in [1.29, 1.82) is 0 Å². The van der Waals surface area contributed by atoms with E-state index in [4.69, 9.17) is 4.98 Å². The molecule has 1 amide bonds. The molecule has 0 radical (unpaired) electrons. The van der Waals surface area contributed by atoms with Crippen LogP contribution in [0.15, 0.2) is 58.5 Å². The van der Waals surface area contributed by atoms with Crippen LogP contribution in [0.4, 0.5) is 5.69 Å². The third-order valence-corrected chi connectivity index (χ3v) is 8.81. The van der Waals surface area contributed by atoms with Gasteiger partial charge in [0.25, 0.3) is 0 Å². The normalized spacial score (nSPS) is 15.9. The van der Waals surface area contributed by atoms with Crippen LogP contribution < -0.4 is 10.0 Å². The minimum Gasteiger partial charge on any atom is -0.325 e. The lowest BCUT2D eigenvalue weighted by molar-refractivity contribution is -0.115. The Morgan fingerprint density at radius 1 is 1.03 bits per heavy atom. The molecular formula is C26H31N3O3S2. The summed E-state index contributed by atoms with van der Waals surface area (Å²) in [7, 11) is -3.56. The number of nitrogens with zero attached hydrogens (tertiary/aromatic N) is 1. The number of nitrogens with one attached hydrogen (secondary N) is 2. The summed E-state index contributed by atoms with van der Waals surface area (Å²) in [4.78, 5) is 17.8. The third kappa shape index (κ3) is 5.79. The van der Waals surface area contributed by atoms with E-state index < -0.39 is 10.0 Å². The minimum absolute atomic E-state index is 0.00662. The number of rotatable bonds is 7. The number of aryl methyl sites for hydroxylation is 2. The Morgan fingerprint density at radius 2 is 1.74 bits per heavy atom. The summed E-state index contributed by atoms with van der Waals surface area (Å²) in [6.07, 6.45) is 5.05. The molecule has 1 saturated carbocycles. The Hall–Kier alpha value is -2.42. The summed E-state index contributed by atoms with van der Waals surface area (Å²) in [5.41, 5.74) is 3.75. The minimum atomic E-state index is -3.56. The summed E-state index contributed by atoms with van der Waals surface area (Å²) in [5, 5.41) is 4.43. The Bertz CT molecular complexity index is 1280. The number of carbonyl (C=O) groups excluding carboxylic acids is 1. The summed E-state index contributed by atoms with van der Waals surface area (Å²) >= 11 is 1.41. The van der Waals surface area contributed by atoms with Gasteiger partial charge >= 0.3 is 0 Å². The SMILES string of the molecule is Cc1cc(SC(C)C(=O)Nc2ccc(S(=O)(=O)NC3CCCCC3)cc2)nc2c(C)cccc12. The molecule has 1 heterocycles. The molecule has 1 aromatic heterocycles. The summed E-state index contributed by atoms with van der Waals surface area (Å²) in [6, 6.07) is 14.5. The zero-order valence-corrected chi connectivity index (χ0v) is 21.4. The van der Waals surface area contributed by atoms with Crippen molar-refractivity contribution in [2.45, 2.75) is 74.1 Å². The highest BCUT2D eigenvalue weighted by atomic mass is 32.2. The molecule has 3 aromatic rings. The van der Waals surface area contributed by atoms with Crippen LogP contribution in [0, 0.1) is 13.8 Å². The van der Waals surface area contributed by atoms with Crippen LogP contribution in [0.5, 0.6) is 0 Å². The summed E-state index contributed by atoms with van der Waals surface area (Å²) < 4.78 is 28.2. The predicted octanol–water partition coefficient (Wildman–Crippen LogP) is 5.58. The largest absolute Gasteiger partial charge is 0.325 e. The smallest absolute Gasteiger partial charge is 0.240 e. The molecule has 6 nitrogen and oxygen atoms in total. The number of hydrogen-bond donors (Lipinski definition) is 2.